The zero-order valence-electron chi connectivity index (χ0n) is 18.5. The lowest BCUT2D eigenvalue weighted by Crippen LogP contribution is -2.33. The Morgan fingerprint density at radius 2 is 1.48 bits per heavy atom. The Morgan fingerprint density at radius 3 is 1.90 bits per heavy atom. The normalized spacial score (nSPS) is 12.3. The van der Waals surface area contributed by atoms with Crippen LogP contribution in [-0.2, 0) is 10.3 Å². The van der Waals surface area contributed by atoms with Gasteiger partial charge in [0.05, 0.1) is 26.9 Å². The lowest BCUT2D eigenvalue weighted by molar-refractivity contribution is -0.0388. The summed E-state index contributed by atoms with van der Waals surface area (Å²) in [6.07, 6.45) is 0.633. The number of methoxy groups -OCH3 is 2. The third-order valence-electron chi connectivity index (χ3n) is 5.27. The molecule has 1 unspecified atom stereocenters. The van der Waals surface area contributed by atoms with Crippen molar-refractivity contribution in [3.05, 3.63) is 59.7 Å². The molecule has 2 rings (SSSR count). The summed E-state index contributed by atoms with van der Waals surface area (Å²) in [5.74, 6) is 1.54. The van der Waals surface area contributed by atoms with Gasteiger partial charge in [0, 0.05) is 6.54 Å². The van der Waals surface area contributed by atoms with Gasteiger partial charge in [-0.3, -0.25) is 0 Å². The minimum Gasteiger partial charge on any atom is -0.497 e. The molecule has 1 atom stereocenters. The van der Waals surface area contributed by atoms with Crippen LogP contribution in [0.25, 0.3) is 0 Å². The second-order valence-electron chi connectivity index (χ2n) is 7.35. The maximum absolute atomic E-state index is 10.6. The number of amides is 1. The summed E-state index contributed by atoms with van der Waals surface area (Å²) in [4.78, 5) is 10.6. The summed E-state index contributed by atoms with van der Waals surface area (Å²) >= 11 is 0. The van der Waals surface area contributed by atoms with E-state index in [0.717, 1.165) is 35.5 Å². The molecule has 0 spiro atoms. The van der Waals surface area contributed by atoms with E-state index in [1.165, 1.54) is 0 Å². The van der Waals surface area contributed by atoms with Gasteiger partial charge < -0.3 is 29.7 Å². The molecule has 0 heterocycles. The molecule has 0 aliphatic carbocycles. The van der Waals surface area contributed by atoms with Crippen LogP contribution in [0.2, 0.25) is 0 Å². The van der Waals surface area contributed by atoms with Crippen molar-refractivity contribution in [2.24, 2.45) is 0 Å². The minimum absolute atomic E-state index is 0.202. The maximum atomic E-state index is 10.6. The summed E-state index contributed by atoms with van der Waals surface area (Å²) in [5.41, 5.74) is 1.32. The topological polar surface area (TPSA) is 97.3 Å². The number of aliphatic hydroxyl groups is 1. The first-order chi connectivity index (χ1) is 14.9. The molecule has 7 heteroatoms. The van der Waals surface area contributed by atoms with Crippen LogP contribution in [-0.4, -0.2) is 49.8 Å². The van der Waals surface area contributed by atoms with Crippen molar-refractivity contribution in [2.75, 3.05) is 27.4 Å². The fourth-order valence-electron chi connectivity index (χ4n) is 3.63. The van der Waals surface area contributed by atoms with E-state index >= 15 is 0 Å². The highest BCUT2D eigenvalue weighted by Gasteiger charge is 2.35. The zero-order chi connectivity index (χ0) is 22.7. The molecular weight excluding hydrogens is 398 g/mol. The van der Waals surface area contributed by atoms with Crippen molar-refractivity contribution in [3.63, 3.8) is 0 Å². The summed E-state index contributed by atoms with van der Waals surface area (Å²) in [7, 11) is 3.27. The van der Waals surface area contributed by atoms with Crippen molar-refractivity contribution < 1.29 is 29.2 Å². The van der Waals surface area contributed by atoms with E-state index in [1.54, 1.807) is 14.2 Å². The molecule has 0 radical (unpaired) electrons. The highest BCUT2D eigenvalue weighted by atomic mass is 16.5. The Morgan fingerprint density at radius 1 is 0.968 bits per heavy atom. The SMILES string of the molecule is CCCC(OCCC(O)CCNC(=O)O)(c1ccc(OC)cc1)c1ccc(OC)cc1. The van der Waals surface area contributed by atoms with Crippen LogP contribution in [0, 0.1) is 0 Å². The van der Waals surface area contributed by atoms with E-state index in [0.29, 0.717) is 19.4 Å². The molecule has 0 saturated carbocycles. The van der Waals surface area contributed by atoms with E-state index in [9.17, 15) is 9.90 Å². The fourth-order valence-corrected chi connectivity index (χ4v) is 3.63. The molecule has 170 valence electrons. The van der Waals surface area contributed by atoms with E-state index in [2.05, 4.69) is 12.2 Å². The van der Waals surface area contributed by atoms with Crippen molar-refractivity contribution in [1.82, 2.24) is 5.32 Å². The molecule has 0 bridgehead atoms. The molecule has 3 N–H and O–H groups in total. The number of hydrogen-bond acceptors (Lipinski definition) is 5. The van der Waals surface area contributed by atoms with E-state index < -0.39 is 17.8 Å². The largest absolute Gasteiger partial charge is 0.497 e. The first-order valence-corrected chi connectivity index (χ1v) is 10.5. The molecule has 1 amide bonds. The Kier molecular flexibility index (Phi) is 9.62. The van der Waals surface area contributed by atoms with Gasteiger partial charge in [-0.15, -0.1) is 0 Å². The van der Waals surface area contributed by atoms with Gasteiger partial charge in [-0.05, 0) is 54.7 Å². The van der Waals surface area contributed by atoms with Crippen LogP contribution < -0.4 is 14.8 Å². The van der Waals surface area contributed by atoms with Gasteiger partial charge in [-0.1, -0.05) is 37.6 Å². The second kappa shape index (κ2) is 12.2. The van der Waals surface area contributed by atoms with Crippen molar-refractivity contribution >= 4 is 6.09 Å². The highest BCUT2D eigenvalue weighted by molar-refractivity contribution is 5.64. The molecule has 0 saturated heterocycles. The van der Waals surface area contributed by atoms with E-state index in [4.69, 9.17) is 19.3 Å². The minimum atomic E-state index is -1.09. The molecule has 7 nitrogen and oxygen atoms in total. The molecule has 31 heavy (non-hydrogen) atoms. The van der Waals surface area contributed by atoms with Gasteiger partial charge in [-0.25, -0.2) is 4.79 Å². The maximum Gasteiger partial charge on any atom is 0.404 e. The van der Waals surface area contributed by atoms with Crippen molar-refractivity contribution in [1.29, 1.82) is 0 Å². The number of aliphatic hydroxyl groups excluding tert-OH is 1. The molecule has 2 aromatic carbocycles. The van der Waals surface area contributed by atoms with Gasteiger partial charge in [0.1, 0.15) is 17.1 Å². The standard InChI is InChI=1S/C24H33NO6/c1-4-15-24(18-5-9-21(29-2)10-6-18,19-7-11-22(30-3)12-8-19)31-17-14-20(26)13-16-25-23(27)28/h5-12,20,25-26H,4,13-17H2,1-3H3,(H,27,28). The molecule has 0 aromatic heterocycles. The average Bonchev–Trinajstić information content (AvgIpc) is 2.78. The van der Waals surface area contributed by atoms with Crippen LogP contribution in [0.4, 0.5) is 4.79 Å². The quantitative estimate of drug-likeness (QED) is 0.440. The van der Waals surface area contributed by atoms with Gasteiger partial charge in [0.15, 0.2) is 0 Å². The number of hydrogen-bond donors (Lipinski definition) is 3. The average molecular weight is 432 g/mol. The third-order valence-corrected chi connectivity index (χ3v) is 5.27. The summed E-state index contributed by atoms with van der Waals surface area (Å²) in [5, 5.41) is 21.1. The number of carboxylic acid groups (broad SMARTS) is 1. The fraction of sp³-hybridized carbons (Fsp3) is 0.458. The number of benzene rings is 2. The van der Waals surface area contributed by atoms with Crippen molar-refractivity contribution in [2.45, 2.75) is 44.3 Å². The number of nitrogens with one attached hydrogen (secondary N) is 1. The summed E-state index contributed by atoms with van der Waals surface area (Å²) < 4.78 is 17.1. The van der Waals surface area contributed by atoms with Crippen LogP contribution in [0.1, 0.15) is 43.7 Å². The molecular formula is C24H33NO6. The number of carbonyl (C=O) groups is 1. The number of ether oxygens (including phenoxy) is 3. The monoisotopic (exact) mass is 431 g/mol. The molecule has 2 aromatic rings. The predicted molar refractivity (Wildman–Crippen MR) is 119 cm³/mol. The molecule has 0 aliphatic heterocycles. The van der Waals surface area contributed by atoms with Gasteiger partial charge in [0.2, 0.25) is 0 Å². The van der Waals surface area contributed by atoms with Crippen molar-refractivity contribution in [3.8, 4) is 11.5 Å². The molecule has 0 aliphatic rings. The predicted octanol–water partition coefficient (Wildman–Crippen LogP) is 4.17. The van der Waals surface area contributed by atoms with Crippen LogP contribution >= 0.6 is 0 Å². The van der Waals surface area contributed by atoms with Crippen LogP contribution in [0.15, 0.2) is 48.5 Å². The Labute approximate surface area is 184 Å². The first kappa shape index (κ1) is 24.5. The second-order valence-corrected chi connectivity index (χ2v) is 7.35. The summed E-state index contributed by atoms with van der Waals surface area (Å²) in [6, 6.07) is 15.7. The highest BCUT2D eigenvalue weighted by Crippen LogP contribution is 2.39. The zero-order valence-corrected chi connectivity index (χ0v) is 18.5. The Hall–Kier alpha value is -2.77. The summed E-state index contributed by atoms with van der Waals surface area (Å²) in [6.45, 7) is 2.64. The lowest BCUT2D eigenvalue weighted by atomic mass is 9.82. The van der Waals surface area contributed by atoms with Gasteiger partial charge in [0.25, 0.3) is 0 Å². The van der Waals surface area contributed by atoms with Crippen LogP contribution in [0.5, 0.6) is 11.5 Å². The Bertz CT molecular complexity index is 743. The number of rotatable bonds is 13. The first-order valence-electron chi connectivity index (χ1n) is 10.5. The van der Waals surface area contributed by atoms with E-state index in [1.807, 2.05) is 48.5 Å². The van der Waals surface area contributed by atoms with Gasteiger partial charge in [-0.2, -0.15) is 0 Å². The third kappa shape index (κ3) is 6.87. The van der Waals surface area contributed by atoms with Crippen LogP contribution in [0.3, 0.4) is 0 Å². The van der Waals surface area contributed by atoms with Gasteiger partial charge >= 0.3 is 6.09 Å². The van der Waals surface area contributed by atoms with E-state index in [-0.39, 0.29) is 6.54 Å². The lowest BCUT2D eigenvalue weighted by Gasteiger charge is -2.35. The smallest absolute Gasteiger partial charge is 0.404 e. The Balaban J connectivity index is 2.25. The molecule has 0 fully saturated rings.